The van der Waals surface area contributed by atoms with E-state index in [9.17, 15) is 5.11 Å². The second-order valence-corrected chi connectivity index (χ2v) is 4.19. The molecule has 0 saturated carbocycles. The third kappa shape index (κ3) is 1.53. The van der Waals surface area contributed by atoms with Gasteiger partial charge >= 0.3 is 0 Å². The summed E-state index contributed by atoms with van der Waals surface area (Å²) in [4.78, 5) is 8.85. The van der Waals surface area contributed by atoms with Gasteiger partial charge in [0.1, 0.15) is 12.4 Å². The summed E-state index contributed by atoms with van der Waals surface area (Å²) in [6.07, 6.45) is 2.36. The lowest BCUT2D eigenvalue weighted by Gasteiger charge is -2.05. The van der Waals surface area contributed by atoms with Crippen molar-refractivity contribution in [2.75, 3.05) is 0 Å². The zero-order valence-electron chi connectivity index (χ0n) is 7.88. The number of aryl methyl sites for hydroxylation is 2. The van der Waals surface area contributed by atoms with E-state index in [1.165, 1.54) is 17.7 Å². The summed E-state index contributed by atoms with van der Waals surface area (Å²) in [6, 6.07) is 0. The van der Waals surface area contributed by atoms with Crippen LogP contribution in [-0.4, -0.2) is 24.9 Å². The van der Waals surface area contributed by atoms with Crippen LogP contribution in [0.3, 0.4) is 0 Å². The summed E-state index contributed by atoms with van der Waals surface area (Å²) in [7, 11) is 1.75. The number of rotatable bonds is 2. The molecule has 2 heterocycles. The minimum absolute atomic E-state index is 0.536. The van der Waals surface area contributed by atoms with E-state index >= 15 is 0 Å². The summed E-state index contributed by atoms with van der Waals surface area (Å²) < 4.78 is 1.56. The van der Waals surface area contributed by atoms with Crippen molar-refractivity contribution >= 4 is 11.3 Å². The Morgan fingerprint density at radius 1 is 1.50 bits per heavy atom. The van der Waals surface area contributed by atoms with Crippen molar-refractivity contribution in [1.29, 1.82) is 0 Å². The number of hydrogen-bond acceptors (Lipinski definition) is 5. The highest BCUT2D eigenvalue weighted by atomic mass is 32.1. The Labute approximate surface area is 85.1 Å². The largest absolute Gasteiger partial charge is 0.379 e. The molecule has 0 aromatic carbocycles. The van der Waals surface area contributed by atoms with Gasteiger partial charge in [-0.25, -0.2) is 9.97 Å². The minimum Gasteiger partial charge on any atom is -0.379 e. The number of aliphatic hydroxyl groups is 1. The van der Waals surface area contributed by atoms with E-state index < -0.39 is 6.10 Å². The molecule has 0 aliphatic carbocycles. The van der Waals surface area contributed by atoms with Crippen LogP contribution in [0.15, 0.2) is 12.5 Å². The van der Waals surface area contributed by atoms with Crippen LogP contribution in [0.1, 0.15) is 21.8 Å². The predicted octanol–water partition coefficient (Wildman–Crippen LogP) is 0.662. The average molecular weight is 210 g/mol. The predicted molar refractivity (Wildman–Crippen MR) is 51.9 cm³/mol. The second kappa shape index (κ2) is 3.47. The molecular formula is C8H10N4OS. The van der Waals surface area contributed by atoms with Crippen LogP contribution in [0, 0.1) is 6.92 Å². The number of hydrogen-bond donors (Lipinski definition) is 1. The SMILES string of the molecule is Cc1ncc(C(O)c2ncnn2C)s1. The van der Waals surface area contributed by atoms with Gasteiger partial charge in [-0.3, -0.25) is 4.68 Å². The maximum atomic E-state index is 9.92. The van der Waals surface area contributed by atoms with Crippen LogP contribution in [0.5, 0.6) is 0 Å². The van der Waals surface area contributed by atoms with Gasteiger partial charge in [0.05, 0.1) is 9.88 Å². The van der Waals surface area contributed by atoms with Crippen LogP contribution in [0.2, 0.25) is 0 Å². The Balaban J connectivity index is 2.33. The fraction of sp³-hybridized carbons (Fsp3) is 0.375. The molecule has 2 aromatic heterocycles. The van der Waals surface area contributed by atoms with Gasteiger partial charge in [0.25, 0.3) is 0 Å². The van der Waals surface area contributed by atoms with Crippen molar-refractivity contribution in [2.24, 2.45) is 7.05 Å². The summed E-state index contributed by atoms with van der Waals surface area (Å²) in [5, 5.41) is 14.8. The van der Waals surface area contributed by atoms with E-state index in [2.05, 4.69) is 15.1 Å². The summed E-state index contributed by atoms with van der Waals surface area (Å²) >= 11 is 1.46. The van der Waals surface area contributed by atoms with Crippen LogP contribution in [0.25, 0.3) is 0 Å². The third-order valence-corrected chi connectivity index (χ3v) is 2.86. The Bertz CT molecular complexity index is 436. The van der Waals surface area contributed by atoms with Gasteiger partial charge in [-0.1, -0.05) is 0 Å². The molecule has 0 spiro atoms. The van der Waals surface area contributed by atoms with Crippen LogP contribution in [-0.2, 0) is 7.05 Å². The Hall–Kier alpha value is -1.27. The maximum absolute atomic E-state index is 9.92. The fourth-order valence-electron chi connectivity index (χ4n) is 1.18. The molecule has 2 rings (SSSR count). The molecule has 14 heavy (non-hydrogen) atoms. The normalized spacial score (nSPS) is 13.1. The van der Waals surface area contributed by atoms with E-state index in [1.54, 1.807) is 17.9 Å². The lowest BCUT2D eigenvalue weighted by atomic mass is 10.3. The van der Waals surface area contributed by atoms with Gasteiger partial charge in [-0.2, -0.15) is 5.10 Å². The monoisotopic (exact) mass is 210 g/mol. The quantitative estimate of drug-likeness (QED) is 0.791. The Morgan fingerprint density at radius 3 is 2.79 bits per heavy atom. The summed E-state index contributed by atoms with van der Waals surface area (Å²) in [6.45, 7) is 1.90. The van der Waals surface area contributed by atoms with E-state index in [4.69, 9.17) is 0 Å². The molecular weight excluding hydrogens is 200 g/mol. The van der Waals surface area contributed by atoms with Gasteiger partial charge in [-0.05, 0) is 6.92 Å². The van der Waals surface area contributed by atoms with Gasteiger partial charge in [0.2, 0.25) is 0 Å². The molecule has 0 bridgehead atoms. The van der Waals surface area contributed by atoms with Crippen LogP contribution in [0.4, 0.5) is 0 Å². The molecule has 5 nitrogen and oxygen atoms in total. The molecule has 0 saturated heterocycles. The average Bonchev–Trinajstić information content (AvgIpc) is 2.73. The first-order valence-corrected chi connectivity index (χ1v) is 4.94. The van der Waals surface area contributed by atoms with E-state index in [1.807, 2.05) is 6.92 Å². The van der Waals surface area contributed by atoms with E-state index in [-0.39, 0.29) is 0 Å². The molecule has 0 fully saturated rings. The molecule has 6 heteroatoms. The minimum atomic E-state index is -0.728. The number of aromatic nitrogens is 4. The lowest BCUT2D eigenvalue weighted by molar-refractivity contribution is 0.208. The second-order valence-electron chi connectivity index (χ2n) is 2.93. The molecule has 0 radical (unpaired) electrons. The first-order chi connectivity index (χ1) is 6.68. The molecule has 2 aromatic rings. The number of nitrogens with zero attached hydrogens (tertiary/aromatic N) is 4. The number of thiazole rings is 1. The zero-order valence-corrected chi connectivity index (χ0v) is 8.69. The van der Waals surface area contributed by atoms with Gasteiger partial charge in [0.15, 0.2) is 5.82 Å². The topological polar surface area (TPSA) is 63.8 Å². The maximum Gasteiger partial charge on any atom is 0.161 e. The molecule has 1 unspecified atom stereocenters. The van der Waals surface area contributed by atoms with Crippen molar-refractivity contribution in [3.63, 3.8) is 0 Å². The van der Waals surface area contributed by atoms with E-state index in [0.717, 1.165) is 9.88 Å². The zero-order chi connectivity index (χ0) is 10.1. The number of aliphatic hydroxyl groups excluding tert-OH is 1. The van der Waals surface area contributed by atoms with Crippen molar-refractivity contribution < 1.29 is 5.11 Å². The van der Waals surface area contributed by atoms with Crippen LogP contribution < -0.4 is 0 Å². The molecule has 1 atom stereocenters. The molecule has 0 aliphatic heterocycles. The van der Waals surface area contributed by atoms with Gasteiger partial charge in [-0.15, -0.1) is 11.3 Å². The lowest BCUT2D eigenvalue weighted by Crippen LogP contribution is -2.06. The first-order valence-electron chi connectivity index (χ1n) is 4.13. The van der Waals surface area contributed by atoms with Crippen molar-refractivity contribution in [3.8, 4) is 0 Å². The third-order valence-electron chi connectivity index (χ3n) is 1.90. The summed E-state index contributed by atoms with van der Waals surface area (Å²) in [5.74, 6) is 0.536. The highest BCUT2D eigenvalue weighted by Gasteiger charge is 2.17. The molecule has 1 N–H and O–H groups in total. The van der Waals surface area contributed by atoms with Crippen LogP contribution >= 0.6 is 11.3 Å². The Morgan fingerprint density at radius 2 is 2.29 bits per heavy atom. The van der Waals surface area contributed by atoms with Crippen molar-refractivity contribution in [2.45, 2.75) is 13.0 Å². The van der Waals surface area contributed by atoms with Crippen molar-refractivity contribution in [1.82, 2.24) is 19.7 Å². The Kier molecular flexibility index (Phi) is 2.30. The first kappa shape index (κ1) is 9.29. The molecule has 74 valence electrons. The van der Waals surface area contributed by atoms with E-state index in [0.29, 0.717) is 5.82 Å². The standard InChI is InChI=1S/C8H10N4OS/c1-5-9-3-6(14-5)7(13)8-10-4-11-12(8)2/h3-4,7,13H,1-2H3. The van der Waals surface area contributed by atoms with Gasteiger partial charge in [0, 0.05) is 13.2 Å². The highest BCUT2D eigenvalue weighted by molar-refractivity contribution is 7.11. The summed E-state index contributed by atoms with van der Waals surface area (Å²) in [5.41, 5.74) is 0. The highest BCUT2D eigenvalue weighted by Crippen LogP contribution is 2.24. The van der Waals surface area contributed by atoms with Gasteiger partial charge < -0.3 is 5.11 Å². The smallest absolute Gasteiger partial charge is 0.161 e. The fourth-order valence-corrected chi connectivity index (χ4v) is 1.95. The molecule has 0 aliphatic rings. The molecule has 0 amide bonds. The van der Waals surface area contributed by atoms with Crippen molar-refractivity contribution in [3.05, 3.63) is 28.2 Å².